The maximum Gasteiger partial charge on any atom is 0.156 e. The standard InChI is InChI=1S/C14H25NO2S2/c16-19(17)9-3-6-14(19,10-12-4-1-7-15-12)11-13-5-2-8-18-13/h12-13,15H,1-11H2. The van der Waals surface area contributed by atoms with E-state index in [9.17, 15) is 8.42 Å². The number of hydrogen-bond acceptors (Lipinski definition) is 4. The van der Waals surface area contributed by atoms with Crippen molar-refractivity contribution < 1.29 is 8.42 Å². The van der Waals surface area contributed by atoms with Crippen LogP contribution in [0.5, 0.6) is 0 Å². The van der Waals surface area contributed by atoms with E-state index >= 15 is 0 Å². The molecule has 3 fully saturated rings. The summed E-state index contributed by atoms with van der Waals surface area (Å²) < 4.78 is 24.9. The Morgan fingerprint density at radius 3 is 2.63 bits per heavy atom. The van der Waals surface area contributed by atoms with E-state index in [0.717, 1.165) is 38.6 Å². The number of nitrogens with one attached hydrogen (secondary N) is 1. The quantitative estimate of drug-likeness (QED) is 0.866. The fraction of sp³-hybridized carbons (Fsp3) is 1.00. The number of thioether (sulfide) groups is 1. The van der Waals surface area contributed by atoms with Gasteiger partial charge in [0, 0.05) is 11.3 Å². The van der Waals surface area contributed by atoms with Crippen molar-refractivity contribution in [1.29, 1.82) is 0 Å². The van der Waals surface area contributed by atoms with Gasteiger partial charge in [-0.25, -0.2) is 8.42 Å². The van der Waals surface area contributed by atoms with Gasteiger partial charge in [-0.15, -0.1) is 0 Å². The topological polar surface area (TPSA) is 46.2 Å². The van der Waals surface area contributed by atoms with Crippen LogP contribution in [0.25, 0.3) is 0 Å². The first-order valence-electron chi connectivity index (χ1n) is 7.69. The van der Waals surface area contributed by atoms with Crippen LogP contribution in [0.4, 0.5) is 0 Å². The largest absolute Gasteiger partial charge is 0.314 e. The van der Waals surface area contributed by atoms with Gasteiger partial charge >= 0.3 is 0 Å². The first kappa shape index (κ1) is 14.2. The van der Waals surface area contributed by atoms with Gasteiger partial charge in [0.1, 0.15) is 0 Å². The minimum atomic E-state index is -2.88. The van der Waals surface area contributed by atoms with Crippen LogP contribution in [-0.4, -0.2) is 42.5 Å². The molecule has 0 bridgehead atoms. The molecule has 0 spiro atoms. The molecule has 3 nitrogen and oxygen atoms in total. The van der Waals surface area contributed by atoms with E-state index in [-0.39, 0.29) is 0 Å². The molecule has 3 rings (SSSR count). The van der Waals surface area contributed by atoms with Crippen molar-refractivity contribution in [2.75, 3.05) is 18.1 Å². The lowest BCUT2D eigenvalue weighted by Gasteiger charge is -2.33. The van der Waals surface area contributed by atoms with Gasteiger partial charge in [-0.3, -0.25) is 0 Å². The molecule has 0 saturated carbocycles. The van der Waals surface area contributed by atoms with Crippen LogP contribution in [0, 0.1) is 0 Å². The third-order valence-corrected chi connectivity index (χ3v) is 9.19. The molecular weight excluding hydrogens is 278 g/mol. The fourth-order valence-electron chi connectivity index (χ4n) is 4.10. The fourth-order valence-corrected chi connectivity index (χ4v) is 7.96. The third kappa shape index (κ3) is 2.84. The van der Waals surface area contributed by atoms with Gasteiger partial charge in [0.25, 0.3) is 0 Å². The molecule has 0 amide bonds. The van der Waals surface area contributed by atoms with Gasteiger partial charge in [0.05, 0.1) is 10.5 Å². The molecule has 3 atom stereocenters. The Morgan fingerprint density at radius 2 is 2.05 bits per heavy atom. The predicted molar refractivity (Wildman–Crippen MR) is 81.5 cm³/mol. The lowest BCUT2D eigenvalue weighted by atomic mass is 9.88. The molecule has 3 aliphatic rings. The first-order valence-corrected chi connectivity index (χ1v) is 10.4. The zero-order valence-electron chi connectivity index (χ0n) is 11.6. The van der Waals surface area contributed by atoms with Crippen LogP contribution in [0.3, 0.4) is 0 Å². The molecule has 19 heavy (non-hydrogen) atoms. The molecule has 3 aliphatic heterocycles. The van der Waals surface area contributed by atoms with Crippen molar-refractivity contribution in [3.63, 3.8) is 0 Å². The van der Waals surface area contributed by atoms with E-state index in [1.54, 1.807) is 0 Å². The van der Waals surface area contributed by atoms with Crippen LogP contribution in [0.15, 0.2) is 0 Å². The molecule has 5 heteroatoms. The van der Waals surface area contributed by atoms with Gasteiger partial charge in [-0.1, -0.05) is 0 Å². The van der Waals surface area contributed by atoms with Crippen LogP contribution < -0.4 is 5.32 Å². The number of rotatable bonds is 4. The summed E-state index contributed by atoms with van der Waals surface area (Å²) in [6.45, 7) is 1.07. The normalized spacial score (nSPS) is 41.9. The van der Waals surface area contributed by atoms with Crippen LogP contribution in [0.2, 0.25) is 0 Å². The average Bonchev–Trinajstić information content (AvgIpc) is 3.05. The average molecular weight is 303 g/mol. The van der Waals surface area contributed by atoms with Gasteiger partial charge in [0.2, 0.25) is 0 Å². The highest BCUT2D eigenvalue weighted by Crippen LogP contribution is 2.45. The smallest absolute Gasteiger partial charge is 0.156 e. The number of sulfone groups is 1. The molecule has 0 radical (unpaired) electrons. The molecular formula is C14H25NO2S2. The molecule has 0 aromatic heterocycles. The van der Waals surface area contributed by atoms with Crippen molar-refractivity contribution in [3.05, 3.63) is 0 Å². The highest BCUT2D eigenvalue weighted by molar-refractivity contribution is 8.00. The first-order chi connectivity index (χ1) is 9.11. The summed E-state index contributed by atoms with van der Waals surface area (Å²) in [5, 5.41) is 4.09. The van der Waals surface area contributed by atoms with Gasteiger partial charge in [-0.05, 0) is 63.7 Å². The minimum Gasteiger partial charge on any atom is -0.314 e. The summed E-state index contributed by atoms with van der Waals surface area (Å²) in [5.74, 6) is 1.65. The van der Waals surface area contributed by atoms with E-state index in [0.29, 0.717) is 17.0 Å². The van der Waals surface area contributed by atoms with Crippen LogP contribution >= 0.6 is 11.8 Å². The number of hydrogen-bond donors (Lipinski definition) is 1. The monoisotopic (exact) mass is 303 g/mol. The van der Waals surface area contributed by atoms with Crippen molar-refractivity contribution in [2.45, 2.75) is 67.4 Å². The molecule has 3 unspecified atom stereocenters. The highest BCUT2D eigenvalue weighted by atomic mass is 32.2. The summed E-state index contributed by atoms with van der Waals surface area (Å²) in [4.78, 5) is 0. The summed E-state index contributed by atoms with van der Waals surface area (Å²) in [6.07, 6.45) is 8.43. The molecule has 3 saturated heterocycles. The maximum atomic E-state index is 12.6. The Hall–Kier alpha value is 0.260. The van der Waals surface area contributed by atoms with Crippen LogP contribution in [0.1, 0.15) is 51.4 Å². The summed E-state index contributed by atoms with van der Waals surface area (Å²) >= 11 is 2.00. The molecule has 1 N–H and O–H groups in total. The van der Waals surface area contributed by atoms with Crippen molar-refractivity contribution in [2.24, 2.45) is 0 Å². The SMILES string of the molecule is O=S1(=O)CCCC1(CC1CCCN1)CC1CCCS1. The van der Waals surface area contributed by atoms with E-state index in [1.165, 1.54) is 25.0 Å². The molecule has 0 aromatic rings. The Kier molecular flexibility index (Phi) is 4.16. The molecule has 110 valence electrons. The van der Waals surface area contributed by atoms with E-state index in [4.69, 9.17) is 0 Å². The van der Waals surface area contributed by atoms with Gasteiger partial charge in [0.15, 0.2) is 9.84 Å². The zero-order valence-corrected chi connectivity index (χ0v) is 13.2. The van der Waals surface area contributed by atoms with Gasteiger partial charge in [-0.2, -0.15) is 11.8 Å². The third-order valence-electron chi connectivity index (χ3n) is 5.11. The zero-order chi connectivity index (χ0) is 13.3. The highest BCUT2D eigenvalue weighted by Gasteiger charge is 2.50. The van der Waals surface area contributed by atoms with Crippen molar-refractivity contribution in [3.8, 4) is 0 Å². The summed E-state index contributed by atoms with van der Waals surface area (Å²) in [7, 11) is -2.88. The Morgan fingerprint density at radius 1 is 1.16 bits per heavy atom. The Balaban J connectivity index is 1.77. The maximum absolute atomic E-state index is 12.6. The molecule has 3 heterocycles. The van der Waals surface area contributed by atoms with E-state index in [1.807, 2.05) is 11.8 Å². The Labute approximate surface area is 121 Å². The Bertz CT molecular complexity index is 391. The minimum absolute atomic E-state index is 0.392. The second kappa shape index (κ2) is 5.57. The van der Waals surface area contributed by atoms with E-state index in [2.05, 4.69) is 5.32 Å². The van der Waals surface area contributed by atoms with Crippen molar-refractivity contribution >= 4 is 21.6 Å². The predicted octanol–water partition coefficient (Wildman–Crippen LogP) is 2.36. The summed E-state index contributed by atoms with van der Waals surface area (Å²) in [6, 6.07) is 0.444. The lowest BCUT2D eigenvalue weighted by molar-refractivity contribution is 0.391. The van der Waals surface area contributed by atoms with Crippen LogP contribution in [-0.2, 0) is 9.84 Å². The van der Waals surface area contributed by atoms with E-state index < -0.39 is 14.6 Å². The lowest BCUT2D eigenvalue weighted by Crippen LogP contribution is -2.42. The molecule has 0 aliphatic carbocycles. The second-order valence-corrected chi connectivity index (χ2v) is 10.4. The summed E-state index contributed by atoms with van der Waals surface area (Å²) in [5.41, 5.74) is 0. The molecule has 0 aromatic carbocycles. The van der Waals surface area contributed by atoms with Crippen molar-refractivity contribution in [1.82, 2.24) is 5.32 Å². The van der Waals surface area contributed by atoms with Gasteiger partial charge < -0.3 is 5.32 Å². The second-order valence-electron chi connectivity index (χ2n) is 6.44.